The Balaban J connectivity index is 1.71. The molecule has 1 aliphatic heterocycles. The van der Waals surface area contributed by atoms with Crippen LogP contribution >= 0.6 is 0 Å². The Morgan fingerprint density at radius 3 is 2.34 bits per heavy atom. The van der Waals surface area contributed by atoms with Crippen LogP contribution in [0.5, 0.6) is 5.75 Å². The van der Waals surface area contributed by atoms with Gasteiger partial charge in [-0.05, 0) is 56.9 Å². The van der Waals surface area contributed by atoms with Crippen LogP contribution in [0.25, 0.3) is 0 Å². The average Bonchev–Trinajstić information content (AvgIpc) is 3.35. The summed E-state index contributed by atoms with van der Waals surface area (Å²) in [6.45, 7) is 5.67. The maximum atomic E-state index is 13.6. The van der Waals surface area contributed by atoms with Crippen LogP contribution in [0.1, 0.15) is 44.7 Å². The molecule has 1 saturated heterocycles. The lowest BCUT2D eigenvalue weighted by Crippen LogP contribution is -2.55. The Kier molecular flexibility index (Phi) is 9.70. The number of ether oxygens (including phenoxy) is 2. The zero-order valence-corrected chi connectivity index (χ0v) is 22.1. The van der Waals surface area contributed by atoms with Gasteiger partial charge in [-0.15, -0.1) is 0 Å². The summed E-state index contributed by atoms with van der Waals surface area (Å²) >= 11 is 0. The molecule has 1 aliphatic rings. The zero-order valence-electron chi connectivity index (χ0n) is 22.1. The molecule has 4 N–H and O–H groups in total. The van der Waals surface area contributed by atoms with Crippen molar-refractivity contribution in [3.05, 3.63) is 65.7 Å². The van der Waals surface area contributed by atoms with Gasteiger partial charge in [0, 0.05) is 13.0 Å². The van der Waals surface area contributed by atoms with Gasteiger partial charge in [-0.1, -0.05) is 42.5 Å². The molecule has 0 aliphatic carbocycles. The number of carbonyl (C=O) groups is 4. The minimum atomic E-state index is -0.967. The smallest absolute Gasteiger partial charge is 0.408 e. The topological polar surface area (TPSA) is 140 Å². The fourth-order valence-corrected chi connectivity index (χ4v) is 4.14. The van der Waals surface area contributed by atoms with Crippen LogP contribution in [0.15, 0.2) is 54.6 Å². The van der Waals surface area contributed by atoms with Crippen LogP contribution in [0.4, 0.5) is 4.79 Å². The fourth-order valence-electron chi connectivity index (χ4n) is 4.14. The molecule has 1 fully saturated rings. The molecule has 10 heteroatoms. The molecule has 0 bridgehead atoms. The number of primary amides is 1. The van der Waals surface area contributed by atoms with E-state index in [1.165, 1.54) is 4.90 Å². The molecule has 1 heterocycles. The highest BCUT2D eigenvalue weighted by Gasteiger charge is 2.38. The molecule has 2 aromatic carbocycles. The van der Waals surface area contributed by atoms with Gasteiger partial charge >= 0.3 is 6.09 Å². The quantitative estimate of drug-likeness (QED) is 0.436. The maximum absolute atomic E-state index is 13.6. The van der Waals surface area contributed by atoms with Crippen molar-refractivity contribution in [2.45, 2.75) is 64.3 Å². The summed E-state index contributed by atoms with van der Waals surface area (Å²) < 4.78 is 11.2. The van der Waals surface area contributed by atoms with Gasteiger partial charge in [0.25, 0.3) is 0 Å². The van der Waals surface area contributed by atoms with E-state index in [0.29, 0.717) is 31.7 Å². The number of nitrogens with two attached hydrogens (primary N) is 1. The van der Waals surface area contributed by atoms with Gasteiger partial charge in [0.2, 0.25) is 17.7 Å². The van der Waals surface area contributed by atoms with Crippen LogP contribution in [0.2, 0.25) is 0 Å². The molecule has 0 aromatic heterocycles. The molecule has 2 aromatic rings. The van der Waals surface area contributed by atoms with Crippen molar-refractivity contribution in [2.24, 2.45) is 5.73 Å². The lowest BCUT2D eigenvalue weighted by Gasteiger charge is -2.29. The average molecular weight is 525 g/mol. The first-order valence-corrected chi connectivity index (χ1v) is 12.6. The molecule has 0 radical (unpaired) electrons. The number of nitrogens with zero attached hydrogens (tertiary/aromatic N) is 1. The Morgan fingerprint density at radius 1 is 1.03 bits per heavy atom. The predicted octanol–water partition coefficient (Wildman–Crippen LogP) is 2.29. The largest absolute Gasteiger partial charge is 0.489 e. The van der Waals surface area contributed by atoms with Crippen molar-refractivity contribution in [1.82, 2.24) is 15.5 Å². The summed E-state index contributed by atoms with van der Waals surface area (Å²) in [6, 6.07) is 15.4. The first-order valence-electron chi connectivity index (χ1n) is 12.6. The molecule has 0 spiro atoms. The van der Waals surface area contributed by atoms with Crippen LogP contribution < -0.4 is 21.1 Å². The molecule has 4 amide bonds. The van der Waals surface area contributed by atoms with E-state index in [-0.39, 0.29) is 13.0 Å². The number of benzene rings is 2. The number of carbonyl (C=O) groups excluding carboxylic acids is 4. The molecule has 0 saturated carbocycles. The number of nitrogens with one attached hydrogen (secondary N) is 2. The number of likely N-dealkylation sites (tertiary alicyclic amines) is 1. The fraction of sp³-hybridized carbons (Fsp3) is 0.429. The van der Waals surface area contributed by atoms with Crippen molar-refractivity contribution in [2.75, 3.05) is 13.1 Å². The van der Waals surface area contributed by atoms with E-state index in [1.807, 2.05) is 54.6 Å². The highest BCUT2D eigenvalue weighted by atomic mass is 16.6. The first kappa shape index (κ1) is 28.5. The van der Waals surface area contributed by atoms with E-state index < -0.39 is 41.5 Å². The summed E-state index contributed by atoms with van der Waals surface area (Å²) in [5.41, 5.74) is 6.22. The SMILES string of the molecule is CC(C)(C)OC(=O)N[C@H](Cc1ccc(OCc2ccccc2)cc1)C(=O)N1CCC[C@H]1C(=O)NCC(N)=O. The third kappa shape index (κ3) is 8.79. The van der Waals surface area contributed by atoms with Gasteiger partial charge in [0.1, 0.15) is 30.0 Å². The van der Waals surface area contributed by atoms with Crippen molar-refractivity contribution < 1.29 is 28.7 Å². The first-order chi connectivity index (χ1) is 18.0. The van der Waals surface area contributed by atoms with Gasteiger partial charge in [-0.25, -0.2) is 4.79 Å². The number of hydrogen-bond acceptors (Lipinski definition) is 6. The Morgan fingerprint density at radius 2 is 1.71 bits per heavy atom. The van der Waals surface area contributed by atoms with E-state index in [2.05, 4.69) is 10.6 Å². The number of alkyl carbamates (subject to hydrolysis) is 1. The maximum Gasteiger partial charge on any atom is 0.408 e. The van der Waals surface area contributed by atoms with Crippen LogP contribution in [0.3, 0.4) is 0 Å². The summed E-state index contributed by atoms with van der Waals surface area (Å²) in [5, 5.41) is 5.15. The number of amides is 4. The molecular weight excluding hydrogens is 488 g/mol. The van der Waals surface area contributed by atoms with E-state index in [1.54, 1.807) is 20.8 Å². The van der Waals surface area contributed by atoms with Crippen LogP contribution in [0, 0.1) is 0 Å². The van der Waals surface area contributed by atoms with Crippen LogP contribution in [-0.2, 0) is 32.1 Å². The molecular formula is C28H36N4O6. The summed E-state index contributed by atoms with van der Waals surface area (Å²) in [5.74, 6) is -0.858. The lowest BCUT2D eigenvalue weighted by molar-refractivity contribution is -0.140. The van der Waals surface area contributed by atoms with Gasteiger partial charge in [-0.3, -0.25) is 14.4 Å². The second kappa shape index (κ2) is 12.9. The zero-order chi connectivity index (χ0) is 27.7. The third-order valence-electron chi connectivity index (χ3n) is 5.88. The normalized spacial score (nSPS) is 15.9. The highest BCUT2D eigenvalue weighted by molar-refractivity contribution is 5.93. The number of hydrogen-bond donors (Lipinski definition) is 3. The van der Waals surface area contributed by atoms with E-state index in [9.17, 15) is 19.2 Å². The Bertz CT molecular complexity index is 1110. The van der Waals surface area contributed by atoms with E-state index >= 15 is 0 Å². The molecule has 0 unspecified atom stereocenters. The highest BCUT2D eigenvalue weighted by Crippen LogP contribution is 2.21. The Labute approximate surface area is 222 Å². The van der Waals surface area contributed by atoms with Crippen molar-refractivity contribution >= 4 is 23.8 Å². The second-order valence-corrected chi connectivity index (χ2v) is 10.2. The number of rotatable bonds is 10. The molecule has 3 rings (SSSR count). The minimum Gasteiger partial charge on any atom is -0.489 e. The monoisotopic (exact) mass is 524 g/mol. The molecule has 204 valence electrons. The summed E-state index contributed by atoms with van der Waals surface area (Å²) in [7, 11) is 0. The molecule has 38 heavy (non-hydrogen) atoms. The summed E-state index contributed by atoms with van der Waals surface area (Å²) in [6.07, 6.45) is 0.520. The molecule has 10 nitrogen and oxygen atoms in total. The van der Waals surface area contributed by atoms with Gasteiger partial charge in [0.05, 0.1) is 6.54 Å². The van der Waals surface area contributed by atoms with E-state index in [0.717, 1.165) is 11.1 Å². The summed E-state index contributed by atoms with van der Waals surface area (Å²) in [4.78, 5) is 51.3. The lowest BCUT2D eigenvalue weighted by atomic mass is 10.0. The van der Waals surface area contributed by atoms with Gasteiger partial charge < -0.3 is 30.7 Å². The Hall–Kier alpha value is -4.08. The van der Waals surface area contributed by atoms with E-state index in [4.69, 9.17) is 15.2 Å². The predicted molar refractivity (Wildman–Crippen MR) is 141 cm³/mol. The van der Waals surface area contributed by atoms with Crippen molar-refractivity contribution in [1.29, 1.82) is 0 Å². The van der Waals surface area contributed by atoms with Gasteiger partial charge in [-0.2, -0.15) is 0 Å². The standard InChI is InChI=1S/C28H36N4O6/c1-28(2,3)38-27(36)31-22(26(35)32-15-7-10-23(32)25(34)30-17-24(29)33)16-19-11-13-21(14-12-19)37-18-20-8-5-4-6-9-20/h4-6,8-9,11-14,22-23H,7,10,15-18H2,1-3H3,(H2,29,33)(H,30,34)(H,31,36)/t22-,23+/m1/s1. The minimum absolute atomic E-state index is 0.184. The van der Waals surface area contributed by atoms with Crippen LogP contribution in [-0.4, -0.2) is 59.5 Å². The van der Waals surface area contributed by atoms with Gasteiger partial charge in [0.15, 0.2) is 0 Å². The molecule has 2 atom stereocenters. The third-order valence-corrected chi connectivity index (χ3v) is 5.88. The van der Waals surface area contributed by atoms with Crippen molar-refractivity contribution in [3.63, 3.8) is 0 Å². The van der Waals surface area contributed by atoms with Crippen molar-refractivity contribution in [3.8, 4) is 5.75 Å². The second-order valence-electron chi connectivity index (χ2n) is 10.2.